The van der Waals surface area contributed by atoms with Gasteiger partial charge in [0.1, 0.15) is 5.00 Å². The molecular formula is C23H20ClN3O4S3. The second kappa shape index (κ2) is 10.8. The Kier molecular flexibility index (Phi) is 7.78. The van der Waals surface area contributed by atoms with Crippen LogP contribution in [0.15, 0.2) is 23.2 Å². The molecule has 34 heavy (non-hydrogen) atoms. The summed E-state index contributed by atoms with van der Waals surface area (Å²) in [4.78, 5) is 43.0. The second-order valence-electron chi connectivity index (χ2n) is 7.39. The summed E-state index contributed by atoms with van der Waals surface area (Å²) in [6.45, 7) is 0.274. The van der Waals surface area contributed by atoms with Gasteiger partial charge in [-0.05, 0) is 43.0 Å². The van der Waals surface area contributed by atoms with Gasteiger partial charge in [-0.3, -0.25) is 9.59 Å². The van der Waals surface area contributed by atoms with E-state index in [2.05, 4.69) is 16.2 Å². The molecule has 1 N–H and O–H groups in total. The number of methoxy groups -OCH3 is 1. The number of esters is 1. The number of nitrogens with one attached hydrogen (secondary N) is 1. The summed E-state index contributed by atoms with van der Waals surface area (Å²) >= 11 is 9.97. The van der Waals surface area contributed by atoms with Gasteiger partial charge in [-0.2, -0.15) is 4.99 Å². The molecule has 0 fully saturated rings. The number of hydrogen-bond donors (Lipinski definition) is 1. The average Bonchev–Trinajstić information content (AvgIpc) is 3.46. The Balaban J connectivity index is 1.40. The number of hydrogen-bond acceptors (Lipinski definition) is 7. The van der Waals surface area contributed by atoms with E-state index in [1.807, 2.05) is 6.07 Å². The molecule has 0 radical (unpaired) electrons. The first-order chi connectivity index (χ1) is 16.4. The number of carbonyl (C=O) groups is 3. The fraction of sp³-hybridized carbons (Fsp3) is 0.304. The van der Waals surface area contributed by atoms with Crippen molar-refractivity contribution in [3.05, 3.63) is 44.0 Å². The third-order valence-corrected chi connectivity index (χ3v) is 8.54. The number of thiazole rings is 1. The number of thiophene rings is 1. The van der Waals surface area contributed by atoms with E-state index in [1.54, 1.807) is 16.7 Å². The molecule has 2 amide bonds. The van der Waals surface area contributed by atoms with Crippen LogP contribution in [0.3, 0.4) is 0 Å². The van der Waals surface area contributed by atoms with Gasteiger partial charge in [-0.25, -0.2) is 4.79 Å². The largest absolute Gasteiger partial charge is 0.465 e. The molecular weight excluding hydrogens is 514 g/mol. The zero-order valence-electron chi connectivity index (χ0n) is 18.2. The first-order valence-corrected chi connectivity index (χ1v) is 13.5. The van der Waals surface area contributed by atoms with Crippen molar-refractivity contribution in [2.75, 3.05) is 23.9 Å². The minimum Gasteiger partial charge on any atom is -0.465 e. The van der Waals surface area contributed by atoms with Crippen molar-refractivity contribution in [3.63, 3.8) is 0 Å². The van der Waals surface area contributed by atoms with Crippen LogP contribution in [0.5, 0.6) is 0 Å². The zero-order chi connectivity index (χ0) is 24.2. The number of anilines is 1. The molecule has 1 aromatic carbocycles. The number of halogens is 1. The van der Waals surface area contributed by atoms with Crippen molar-refractivity contribution >= 4 is 79.0 Å². The van der Waals surface area contributed by atoms with Crippen molar-refractivity contribution < 1.29 is 19.1 Å². The van der Waals surface area contributed by atoms with Gasteiger partial charge in [0.15, 0.2) is 4.80 Å². The molecule has 0 saturated carbocycles. The molecule has 3 aromatic rings. The molecule has 0 aliphatic heterocycles. The lowest BCUT2D eigenvalue weighted by Crippen LogP contribution is -2.19. The fourth-order valence-electron chi connectivity index (χ4n) is 3.72. The van der Waals surface area contributed by atoms with E-state index in [0.717, 1.165) is 51.7 Å². The quantitative estimate of drug-likeness (QED) is 0.364. The van der Waals surface area contributed by atoms with E-state index >= 15 is 0 Å². The molecule has 4 rings (SSSR count). The van der Waals surface area contributed by atoms with Crippen LogP contribution in [-0.2, 0) is 33.7 Å². The summed E-state index contributed by atoms with van der Waals surface area (Å²) in [6, 6.07) is 5.41. The van der Waals surface area contributed by atoms with E-state index in [0.29, 0.717) is 20.4 Å². The van der Waals surface area contributed by atoms with Gasteiger partial charge in [0, 0.05) is 9.90 Å². The maximum atomic E-state index is 12.5. The first kappa shape index (κ1) is 24.5. The molecule has 1 aliphatic carbocycles. The number of aryl methyl sites for hydroxylation is 1. The number of benzene rings is 1. The molecule has 0 bridgehead atoms. The highest BCUT2D eigenvalue weighted by Crippen LogP contribution is 2.39. The lowest BCUT2D eigenvalue weighted by atomic mass is 10.1. The molecule has 0 saturated heterocycles. The van der Waals surface area contributed by atoms with Crippen LogP contribution in [0.4, 0.5) is 5.00 Å². The predicted molar refractivity (Wildman–Crippen MR) is 138 cm³/mol. The van der Waals surface area contributed by atoms with Crippen LogP contribution in [0.25, 0.3) is 10.2 Å². The number of aromatic nitrogens is 1. The van der Waals surface area contributed by atoms with E-state index in [4.69, 9.17) is 22.8 Å². The normalized spacial score (nSPS) is 13.0. The third kappa shape index (κ3) is 5.23. The maximum Gasteiger partial charge on any atom is 0.341 e. The standard InChI is InChI=1S/C23H20ClN3O4S3/c1-3-9-27-15-8-7-13(24)10-17(15)34-23(27)26-19(29)12-32-11-18(28)25-21-20(22(30)31-2)14-5-4-6-16(14)33-21/h1,7-8,10H,4-6,9,11-12H2,2H3,(H,25,28). The van der Waals surface area contributed by atoms with Crippen LogP contribution in [0.2, 0.25) is 5.02 Å². The third-order valence-electron chi connectivity index (χ3n) is 5.14. The fourth-order valence-corrected chi connectivity index (χ4v) is 6.93. The molecule has 11 heteroatoms. The second-order valence-corrected chi connectivity index (χ2v) is 10.9. The molecule has 2 heterocycles. The van der Waals surface area contributed by atoms with Crippen LogP contribution in [0, 0.1) is 12.3 Å². The van der Waals surface area contributed by atoms with E-state index in [-0.39, 0.29) is 29.9 Å². The van der Waals surface area contributed by atoms with Crippen molar-refractivity contribution in [1.29, 1.82) is 0 Å². The summed E-state index contributed by atoms with van der Waals surface area (Å²) in [5.74, 6) is 1.56. The number of amides is 2. The number of nitrogens with zero attached hydrogens (tertiary/aromatic N) is 2. The van der Waals surface area contributed by atoms with Crippen molar-refractivity contribution in [3.8, 4) is 12.3 Å². The highest BCUT2D eigenvalue weighted by molar-refractivity contribution is 8.00. The Morgan fingerprint density at radius 1 is 1.29 bits per heavy atom. The van der Waals surface area contributed by atoms with Crippen LogP contribution in [0.1, 0.15) is 27.2 Å². The number of fused-ring (bicyclic) bond motifs is 2. The summed E-state index contributed by atoms with van der Waals surface area (Å²) in [5, 5.41) is 3.91. The highest BCUT2D eigenvalue weighted by Gasteiger charge is 2.28. The van der Waals surface area contributed by atoms with Gasteiger partial charge in [0.2, 0.25) is 5.91 Å². The van der Waals surface area contributed by atoms with Gasteiger partial charge in [-0.1, -0.05) is 28.9 Å². The van der Waals surface area contributed by atoms with Crippen LogP contribution >= 0.6 is 46.0 Å². The Bertz CT molecular complexity index is 1400. The monoisotopic (exact) mass is 533 g/mol. The van der Waals surface area contributed by atoms with Gasteiger partial charge in [-0.15, -0.1) is 29.5 Å². The van der Waals surface area contributed by atoms with Crippen LogP contribution in [-0.4, -0.2) is 41.0 Å². The Hall–Kier alpha value is -2.58. The van der Waals surface area contributed by atoms with Gasteiger partial charge in [0.05, 0.1) is 40.9 Å². The maximum absolute atomic E-state index is 12.5. The van der Waals surface area contributed by atoms with E-state index in [9.17, 15) is 14.4 Å². The molecule has 176 valence electrons. The zero-order valence-corrected chi connectivity index (χ0v) is 21.4. The van der Waals surface area contributed by atoms with E-state index < -0.39 is 5.97 Å². The molecule has 0 atom stereocenters. The minimum absolute atomic E-state index is 0.0310. The molecule has 7 nitrogen and oxygen atoms in total. The smallest absolute Gasteiger partial charge is 0.341 e. The molecule has 1 aliphatic rings. The Morgan fingerprint density at radius 3 is 2.88 bits per heavy atom. The van der Waals surface area contributed by atoms with Crippen molar-refractivity contribution in [1.82, 2.24) is 4.57 Å². The molecule has 0 unspecified atom stereocenters. The Labute approximate surface area is 213 Å². The lowest BCUT2D eigenvalue weighted by Gasteiger charge is -2.06. The molecule has 0 spiro atoms. The van der Waals surface area contributed by atoms with Gasteiger partial charge < -0.3 is 14.6 Å². The van der Waals surface area contributed by atoms with Crippen LogP contribution < -0.4 is 10.1 Å². The predicted octanol–water partition coefficient (Wildman–Crippen LogP) is 4.13. The first-order valence-electron chi connectivity index (χ1n) is 10.3. The summed E-state index contributed by atoms with van der Waals surface area (Å²) in [7, 11) is 1.33. The Morgan fingerprint density at radius 2 is 2.12 bits per heavy atom. The topological polar surface area (TPSA) is 89.8 Å². The summed E-state index contributed by atoms with van der Waals surface area (Å²) in [5.41, 5.74) is 2.28. The number of thioether (sulfide) groups is 1. The highest BCUT2D eigenvalue weighted by atomic mass is 35.5. The van der Waals surface area contributed by atoms with Crippen molar-refractivity contribution in [2.45, 2.75) is 25.8 Å². The lowest BCUT2D eigenvalue weighted by molar-refractivity contribution is -0.115. The number of terminal acetylenes is 1. The minimum atomic E-state index is -0.443. The molecule has 2 aromatic heterocycles. The number of carbonyl (C=O) groups excluding carboxylic acids is 3. The summed E-state index contributed by atoms with van der Waals surface area (Å²) < 4.78 is 7.57. The number of ether oxygens (including phenoxy) is 1. The van der Waals surface area contributed by atoms with Crippen molar-refractivity contribution in [2.24, 2.45) is 4.99 Å². The van der Waals surface area contributed by atoms with E-state index in [1.165, 1.54) is 29.8 Å². The average molecular weight is 534 g/mol. The van der Waals surface area contributed by atoms with Gasteiger partial charge >= 0.3 is 5.97 Å². The number of rotatable bonds is 7. The SMILES string of the molecule is C#CCn1c(=NC(=O)CSCC(=O)Nc2sc3c(c2C(=O)OC)CCC3)sc2cc(Cl)ccc21. The van der Waals surface area contributed by atoms with Gasteiger partial charge in [0.25, 0.3) is 5.91 Å². The summed E-state index contributed by atoms with van der Waals surface area (Å²) in [6.07, 6.45) is 8.18.